The lowest BCUT2D eigenvalue weighted by molar-refractivity contribution is 1.30. The molecule has 106 valence electrons. The third-order valence-electron chi connectivity index (χ3n) is 3.30. The van der Waals surface area contributed by atoms with Gasteiger partial charge in [-0.3, -0.25) is 0 Å². The summed E-state index contributed by atoms with van der Waals surface area (Å²) in [6.45, 7) is 0. The standard InChI is InChI=1S/C18H10Cl2N2/c19-15-8-6-13(7-9-15)17-16(12-4-2-1-3-5-12)10-14(11-21)18(20)22-17/h1-10H. The molecule has 0 aliphatic carbocycles. The van der Waals surface area contributed by atoms with Crippen LogP contribution in [0.25, 0.3) is 22.4 Å². The molecule has 0 bridgehead atoms. The van der Waals surface area contributed by atoms with Crippen LogP contribution in [0.15, 0.2) is 60.7 Å². The molecule has 1 aromatic heterocycles. The summed E-state index contributed by atoms with van der Waals surface area (Å²) in [5.41, 5.74) is 3.83. The van der Waals surface area contributed by atoms with Gasteiger partial charge in [0.15, 0.2) is 0 Å². The largest absolute Gasteiger partial charge is 0.234 e. The van der Waals surface area contributed by atoms with Crippen LogP contribution in [0.1, 0.15) is 5.56 Å². The second-order valence-electron chi connectivity index (χ2n) is 4.71. The van der Waals surface area contributed by atoms with Crippen LogP contribution >= 0.6 is 23.2 Å². The zero-order valence-corrected chi connectivity index (χ0v) is 12.9. The summed E-state index contributed by atoms with van der Waals surface area (Å²) in [5, 5.41) is 10.1. The first-order valence-electron chi connectivity index (χ1n) is 6.61. The van der Waals surface area contributed by atoms with Gasteiger partial charge in [0, 0.05) is 16.1 Å². The van der Waals surface area contributed by atoms with Crippen molar-refractivity contribution in [3.63, 3.8) is 0 Å². The highest BCUT2D eigenvalue weighted by molar-refractivity contribution is 6.31. The van der Waals surface area contributed by atoms with Crippen LogP contribution in [0.2, 0.25) is 10.2 Å². The Kier molecular flexibility index (Phi) is 4.11. The van der Waals surface area contributed by atoms with Gasteiger partial charge in [0.2, 0.25) is 0 Å². The van der Waals surface area contributed by atoms with Gasteiger partial charge in [-0.2, -0.15) is 5.26 Å². The molecule has 22 heavy (non-hydrogen) atoms. The molecule has 0 saturated heterocycles. The normalized spacial score (nSPS) is 10.2. The van der Waals surface area contributed by atoms with Crippen molar-refractivity contribution < 1.29 is 0 Å². The minimum atomic E-state index is 0.201. The van der Waals surface area contributed by atoms with E-state index in [1.165, 1.54) is 0 Å². The van der Waals surface area contributed by atoms with E-state index in [1.54, 1.807) is 18.2 Å². The molecule has 0 fully saturated rings. The second-order valence-corrected chi connectivity index (χ2v) is 5.50. The smallest absolute Gasteiger partial charge is 0.147 e. The summed E-state index contributed by atoms with van der Waals surface area (Å²) >= 11 is 12.1. The third kappa shape index (κ3) is 2.82. The Bertz CT molecular complexity index is 851. The Labute approximate surface area is 138 Å². The van der Waals surface area contributed by atoms with Crippen molar-refractivity contribution >= 4 is 23.2 Å². The predicted molar refractivity (Wildman–Crippen MR) is 89.8 cm³/mol. The molecule has 1 heterocycles. The molecule has 0 unspecified atom stereocenters. The molecule has 2 aromatic carbocycles. The van der Waals surface area contributed by atoms with Gasteiger partial charge in [0.05, 0.1) is 11.3 Å². The van der Waals surface area contributed by atoms with Crippen molar-refractivity contribution in [2.45, 2.75) is 0 Å². The first-order valence-corrected chi connectivity index (χ1v) is 7.36. The quantitative estimate of drug-likeness (QED) is 0.576. The summed E-state index contributed by atoms with van der Waals surface area (Å²) in [7, 11) is 0. The Morgan fingerprint density at radius 3 is 2.18 bits per heavy atom. The van der Waals surface area contributed by atoms with Gasteiger partial charge in [0.25, 0.3) is 0 Å². The van der Waals surface area contributed by atoms with Crippen molar-refractivity contribution in [2.75, 3.05) is 0 Å². The maximum absolute atomic E-state index is 9.20. The monoisotopic (exact) mass is 324 g/mol. The molecular formula is C18H10Cl2N2. The maximum Gasteiger partial charge on any atom is 0.147 e. The van der Waals surface area contributed by atoms with E-state index in [1.807, 2.05) is 42.5 Å². The highest BCUT2D eigenvalue weighted by Crippen LogP contribution is 2.33. The van der Waals surface area contributed by atoms with Gasteiger partial charge in [0.1, 0.15) is 11.2 Å². The fourth-order valence-corrected chi connectivity index (χ4v) is 2.54. The molecule has 0 aliphatic rings. The van der Waals surface area contributed by atoms with E-state index in [-0.39, 0.29) is 5.15 Å². The molecule has 2 nitrogen and oxygen atoms in total. The Morgan fingerprint density at radius 2 is 1.55 bits per heavy atom. The topological polar surface area (TPSA) is 36.7 Å². The van der Waals surface area contributed by atoms with Crippen molar-refractivity contribution in [2.24, 2.45) is 0 Å². The van der Waals surface area contributed by atoms with E-state index in [4.69, 9.17) is 23.2 Å². The molecule has 0 spiro atoms. The van der Waals surface area contributed by atoms with E-state index in [0.29, 0.717) is 10.6 Å². The van der Waals surface area contributed by atoms with Gasteiger partial charge >= 0.3 is 0 Å². The molecular weight excluding hydrogens is 315 g/mol. The summed E-state index contributed by atoms with van der Waals surface area (Å²) < 4.78 is 0. The highest BCUT2D eigenvalue weighted by Gasteiger charge is 2.13. The Morgan fingerprint density at radius 1 is 0.864 bits per heavy atom. The number of hydrogen-bond donors (Lipinski definition) is 0. The van der Waals surface area contributed by atoms with Gasteiger partial charge < -0.3 is 0 Å². The minimum Gasteiger partial charge on any atom is -0.234 e. The minimum absolute atomic E-state index is 0.201. The van der Waals surface area contributed by atoms with E-state index in [9.17, 15) is 5.26 Å². The molecule has 0 atom stereocenters. The average Bonchev–Trinajstić information content (AvgIpc) is 2.56. The average molecular weight is 325 g/mol. The van der Waals surface area contributed by atoms with Gasteiger partial charge in [-0.15, -0.1) is 0 Å². The number of pyridine rings is 1. The molecule has 0 radical (unpaired) electrons. The van der Waals surface area contributed by atoms with Crippen LogP contribution in [-0.2, 0) is 0 Å². The fraction of sp³-hybridized carbons (Fsp3) is 0. The molecule has 4 heteroatoms. The van der Waals surface area contributed by atoms with Crippen LogP contribution in [-0.4, -0.2) is 4.98 Å². The highest BCUT2D eigenvalue weighted by atomic mass is 35.5. The molecule has 3 rings (SSSR count). The lowest BCUT2D eigenvalue weighted by atomic mass is 9.98. The van der Waals surface area contributed by atoms with Crippen molar-refractivity contribution in [3.05, 3.63) is 76.4 Å². The predicted octanol–water partition coefficient (Wildman–Crippen LogP) is 5.59. The van der Waals surface area contributed by atoms with Crippen molar-refractivity contribution in [1.82, 2.24) is 4.98 Å². The lowest BCUT2D eigenvalue weighted by Crippen LogP contribution is -1.93. The number of halogens is 2. The number of aromatic nitrogens is 1. The summed E-state index contributed by atoms with van der Waals surface area (Å²) in [5.74, 6) is 0. The zero-order valence-electron chi connectivity index (χ0n) is 11.4. The fourth-order valence-electron chi connectivity index (χ4n) is 2.23. The van der Waals surface area contributed by atoms with Crippen LogP contribution in [0, 0.1) is 11.3 Å². The van der Waals surface area contributed by atoms with Gasteiger partial charge in [-0.1, -0.05) is 65.7 Å². The van der Waals surface area contributed by atoms with Gasteiger partial charge in [-0.25, -0.2) is 4.98 Å². The van der Waals surface area contributed by atoms with Gasteiger partial charge in [-0.05, 0) is 23.8 Å². The van der Waals surface area contributed by atoms with E-state index >= 15 is 0 Å². The number of nitriles is 1. The molecule has 0 N–H and O–H groups in total. The number of hydrogen-bond acceptors (Lipinski definition) is 2. The second kappa shape index (κ2) is 6.19. The van der Waals surface area contributed by atoms with E-state index in [0.717, 1.165) is 22.4 Å². The molecule has 0 amide bonds. The number of rotatable bonds is 2. The van der Waals surface area contributed by atoms with Crippen LogP contribution < -0.4 is 0 Å². The van der Waals surface area contributed by atoms with E-state index < -0.39 is 0 Å². The first kappa shape index (κ1) is 14.6. The summed E-state index contributed by atoms with van der Waals surface area (Å²) in [6.07, 6.45) is 0. The summed E-state index contributed by atoms with van der Waals surface area (Å²) in [4.78, 5) is 4.42. The third-order valence-corrected chi connectivity index (χ3v) is 3.84. The summed E-state index contributed by atoms with van der Waals surface area (Å²) in [6, 6.07) is 21.0. The lowest BCUT2D eigenvalue weighted by Gasteiger charge is -2.11. The Hall–Kier alpha value is -2.34. The first-order chi connectivity index (χ1) is 10.7. The van der Waals surface area contributed by atoms with Crippen LogP contribution in [0.4, 0.5) is 0 Å². The molecule has 0 aliphatic heterocycles. The maximum atomic E-state index is 9.20. The zero-order chi connectivity index (χ0) is 15.5. The van der Waals surface area contributed by atoms with Crippen molar-refractivity contribution in [3.8, 4) is 28.5 Å². The molecule has 3 aromatic rings. The Balaban J connectivity index is 2.27. The number of nitrogens with zero attached hydrogens (tertiary/aromatic N) is 2. The van der Waals surface area contributed by atoms with Crippen LogP contribution in [0.5, 0.6) is 0 Å². The van der Waals surface area contributed by atoms with Crippen LogP contribution in [0.3, 0.4) is 0 Å². The number of benzene rings is 2. The SMILES string of the molecule is N#Cc1cc(-c2ccccc2)c(-c2ccc(Cl)cc2)nc1Cl. The molecule has 0 saturated carbocycles. The van der Waals surface area contributed by atoms with E-state index in [2.05, 4.69) is 11.1 Å². The van der Waals surface area contributed by atoms with Crippen molar-refractivity contribution in [1.29, 1.82) is 5.26 Å².